The lowest BCUT2D eigenvalue weighted by Gasteiger charge is -2.11. The first-order valence-electron chi connectivity index (χ1n) is 7.04. The van der Waals surface area contributed by atoms with Crippen LogP contribution in [-0.4, -0.2) is 24.0 Å². The number of thiophene rings is 1. The largest absolute Gasteiger partial charge is 0.357 e. The molecule has 0 aliphatic carbocycles. The second-order valence-corrected chi connectivity index (χ2v) is 7.50. The predicted octanol–water partition coefficient (Wildman–Crippen LogP) is 4.47. The number of halogens is 3. The average Bonchev–Trinajstić information content (AvgIpc) is 2.92. The third-order valence-corrected chi connectivity index (χ3v) is 4.69. The lowest BCUT2D eigenvalue weighted by atomic mass is 10.2. The molecule has 126 valence electrons. The summed E-state index contributed by atoms with van der Waals surface area (Å²) in [6.45, 7) is 4.36. The van der Waals surface area contributed by atoms with Crippen molar-refractivity contribution >= 4 is 68.8 Å². The summed E-state index contributed by atoms with van der Waals surface area (Å²) in [5, 5.41) is 7.10. The number of rotatable bonds is 6. The molecule has 2 aromatic heterocycles. The van der Waals surface area contributed by atoms with Crippen molar-refractivity contribution < 1.29 is 0 Å². The van der Waals surface area contributed by atoms with E-state index in [1.165, 1.54) is 4.88 Å². The molecule has 0 fully saturated rings. The maximum absolute atomic E-state index is 5.78. The molecule has 0 amide bonds. The van der Waals surface area contributed by atoms with Gasteiger partial charge in [0.05, 0.1) is 10.3 Å². The minimum atomic E-state index is 0. The van der Waals surface area contributed by atoms with Gasteiger partial charge in [0.1, 0.15) is 5.15 Å². The van der Waals surface area contributed by atoms with Crippen LogP contribution in [0.3, 0.4) is 0 Å². The molecule has 0 aliphatic rings. The van der Waals surface area contributed by atoms with Crippen LogP contribution in [0.5, 0.6) is 0 Å². The fourth-order valence-electron chi connectivity index (χ4n) is 1.82. The van der Waals surface area contributed by atoms with Gasteiger partial charge in [0, 0.05) is 24.2 Å². The Morgan fingerprint density at radius 3 is 2.74 bits per heavy atom. The van der Waals surface area contributed by atoms with Gasteiger partial charge in [0.25, 0.3) is 0 Å². The number of hydrogen-bond donors (Lipinski definition) is 2. The Hall–Kier alpha value is -0.380. The van der Waals surface area contributed by atoms with Gasteiger partial charge in [0.2, 0.25) is 0 Å². The van der Waals surface area contributed by atoms with Gasteiger partial charge in [0.15, 0.2) is 5.96 Å². The first kappa shape index (κ1) is 20.7. The normalized spacial score (nSPS) is 11.0. The van der Waals surface area contributed by atoms with Crippen molar-refractivity contribution in [3.63, 3.8) is 0 Å². The third kappa shape index (κ3) is 7.82. The Labute approximate surface area is 171 Å². The summed E-state index contributed by atoms with van der Waals surface area (Å²) in [5.41, 5.74) is 1.15. The summed E-state index contributed by atoms with van der Waals surface area (Å²) in [7, 11) is 0. The molecular weight excluding hydrogens is 511 g/mol. The number of guanidine groups is 1. The zero-order valence-electron chi connectivity index (χ0n) is 12.7. The van der Waals surface area contributed by atoms with Gasteiger partial charge in [-0.05, 0) is 53.0 Å². The highest BCUT2D eigenvalue weighted by Crippen LogP contribution is 2.22. The molecule has 0 saturated carbocycles. The number of hydrogen-bond acceptors (Lipinski definition) is 3. The van der Waals surface area contributed by atoms with Crippen molar-refractivity contribution in [3.05, 3.63) is 49.8 Å². The molecule has 2 N–H and O–H groups in total. The molecular formula is C15H19BrClIN4S. The number of pyridine rings is 1. The second-order valence-electron chi connectivity index (χ2n) is 4.57. The molecule has 2 heterocycles. The van der Waals surface area contributed by atoms with Crippen molar-refractivity contribution in [3.8, 4) is 0 Å². The van der Waals surface area contributed by atoms with Crippen LogP contribution in [0.15, 0.2) is 39.2 Å². The minimum Gasteiger partial charge on any atom is -0.357 e. The van der Waals surface area contributed by atoms with Crippen LogP contribution in [0.1, 0.15) is 17.4 Å². The Morgan fingerprint density at radius 1 is 1.30 bits per heavy atom. The molecule has 0 aliphatic heterocycles. The standard InChI is InChI=1S/C15H18BrClN4S.HI/c1-2-18-15(21-10-12-4-5-13(16)22-12)19-8-7-11-3-6-14(17)20-9-11;/h3-6,9H,2,7-8,10H2,1H3,(H2,18,19,21);1H. The fraction of sp³-hybridized carbons (Fsp3) is 0.333. The first-order valence-corrected chi connectivity index (χ1v) is 9.03. The maximum Gasteiger partial charge on any atom is 0.191 e. The monoisotopic (exact) mass is 528 g/mol. The van der Waals surface area contributed by atoms with Crippen LogP contribution >= 0.6 is 62.8 Å². The molecule has 0 unspecified atom stereocenters. The van der Waals surface area contributed by atoms with E-state index < -0.39 is 0 Å². The van der Waals surface area contributed by atoms with Crippen LogP contribution in [0, 0.1) is 0 Å². The molecule has 0 aromatic carbocycles. The van der Waals surface area contributed by atoms with E-state index in [0.717, 1.165) is 34.8 Å². The zero-order chi connectivity index (χ0) is 15.8. The summed E-state index contributed by atoms with van der Waals surface area (Å²) < 4.78 is 1.13. The fourth-order valence-corrected chi connectivity index (χ4v) is 3.33. The van der Waals surface area contributed by atoms with Crippen molar-refractivity contribution in [2.75, 3.05) is 13.1 Å². The highest BCUT2D eigenvalue weighted by atomic mass is 127. The molecule has 0 saturated heterocycles. The molecule has 2 rings (SSSR count). The van der Waals surface area contributed by atoms with Crippen LogP contribution in [0.25, 0.3) is 0 Å². The number of nitrogens with one attached hydrogen (secondary N) is 2. The topological polar surface area (TPSA) is 49.3 Å². The zero-order valence-corrected chi connectivity index (χ0v) is 18.2. The molecule has 0 bridgehead atoms. The van der Waals surface area contributed by atoms with E-state index in [-0.39, 0.29) is 24.0 Å². The van der Waals surface area contributed by atoms with E-state index >= 15 is 0 Å². The Bertz CT molecular complexity index is 618. The number of aliphatic imine (C=N–C) groups is 1. The van der Waals surface area contributed by atoms with Crippen LogP contribution in [0.4, 0.5) is 0 Å². The van der Waals surface area contributed by atoms with Crippen molar-refractivity contribution in [2.45, 2.75) is 19.9 Å². The molecule has 4 nitrogen and oxygen atoms in total. The van der Waals surface area contributed by atoms with Gasteiger partial charge in [-0.2, -0.15) is 0 Å². The quantitative estimate of drug-likeness (QED) is 0.251. The molecule has 8 heteroatoms. The van der Waals surface area contributed by atoms with Gasteiger partial charge in [-0.3, -0.25) is 0 Å². The van der Waals surface area contributed by atoms with Gasteiger partial charge >= 0.3 is 0 Å². The predicted molar refractivity (Wildman–Crippen MR) is 113 cm³/mol. The van der Waals surface area contributed by atoms with E-state index in [9.17, 15) is 0 Å². The maximum atomic E-state index is 5.78. The van der Waals surface area contributed by atoms with Crippen LogP contribution in [0.2, 0.25) is 5.15 Å². The average molecular weight is 530 g/mol. The first-order chi connectivity index (χ1) is 10.7. The van der Waals surface area contributed by atoms with E-state index in [1.807, 2.05) is 18.2 Å². The smallest absolute Gasteiger partial charge is 0.191 e. The van der Waals surface area contributed by atoms with E-state index in [2.05, 4.69) is 49.5 Å². The molecule has 23 heavy (non-hydrogen) atoms. The Morgan fingerprint density at radius 2 is 2.13 bits per heavy atom. The summed E-state index contributed by atoms with van der Waals surface area (Å²) in [5.74, 6) is 0.828. The van der Waals surface area contributed by atoms with Gasteiger partial charge in [-0.25, -0.2) is 9.98 Å². The number of nitrogens with zero attached hydrogens (tertiary/aromatic N) is 2. The van der Waals surface area contributed by atoms with E-state index in [4.69, 9.17) is 11.6 Å². The molecule has 0 radical (unpaired) electrons. The highest BCUT2D eigenvalue weighted by molar-refractivity contribution is 14.0. The van der Waals surface area contributed by atoms with Crippen molar-refractivity contribution in [1.82, 2.24) is 15.6 Å². The third-order valence-electron chi connectivity index (χ3n) is 2.86. The molecule has 0 spiro atoms. The molecule has 2 aromatic rings. The summed E-state index contributed by atoms with van der Waals surface area (Å²) in [6.07, 6.45) is 2.68. The van der Waals surface area contributed by atoms with Crippen molar-refractivity contribution in [2.24, 2.45) is 4.99 Å². The summed E-state index contributed by atoms with van der Waals surface area (Å²) in [4.78, 5) is 9.90. The lowest BCUT2D eigenvalue weighted by molar-refractivity contribution is 0.799. The van der Waals surface area contributed by atoms with Gasteiger partial charge in [-0.15, -0.1) is 35.3 Å². The van der Waals surface area contributed by atoms with E-state index in [1.54, 1.807) is 17.5 Å². The highest BCUT2D eigenvalue weighted by Gasteiger charge is 2.00. The Kier molecular flexibility index (Phi) is 10.1. The van der Waals surface area contributed by atoms with Gasteiger partial charge in [-0.1, -0.05) is 17.7 Å². The second kappa shape index (κ2) is 11.2. The van der Waals surface area contributed by atoms with Crippen LogP contribution in [-0.2, 0) is 13.0 Å². The molecule has 0 atom stereocenters. The summed E-state index contributed by atoms with van der Waals surface area (Å²) in [6, 6.07) is 7.93. The van der Waals surface area contributed by atoms with Gasteiger partial charge < -0.3 is 10.6 Å². The van der Waals surface area contributed by atoms with Crippen LogP contribution < -0.4 is 10.6 Å². The minimum absolute atomic E-state index is 0. The Balaban J connectivity index is 0.00000264. The van der Waals surface area contributed by atoms with E-state index in [0.29, 0.717) is 11.7 Å². The SMILES string of the molecule is CCNC(=NCc1ccc(Br)s1)NCCc1ccc(Cl)nc1.I. The number of aromatic nitrogens is 1. The summed E-state index contributed by atoms with van der Waals surface area (Å²) >= 11 is 10.9. The van der Waals surface area contributed by atoms with Crippen molar-refractivity contribution in [1.29, 1.82) is 0 Å². The lowest BCUT2D eigenvalue weighted by Crippen LogP contribution is -2.38.